The van der Waals surface area contributed by atoms with Crippen LogP contribution in [0.5, 0.6) is 0 Å². The molecule has 0 bridgehead atoms. The zero-order valence-corrected chi connectivity index (χ0v) is 13.8. The van der Waals surface area contributed by atoms with Gasteiger partial charge in [-0.05, 0) is 23.8 Å². The number of rotatable bonds is 2. The van der Waals surface area contributed by atoms with Gasteiger partial charge >= 0.3 is 13.0 Å². The fraction of sp³-hybridized carbons (Fsp3) is 0.0476. The lowest BCUT2D eigenvalue weighted by Gasteiger charge is -2.34. The van der Waals surface area contributed by atoms with Crippen LogP contribution in [0, 0.1) is 0 Å². The summed E-state index contributed by atoms with van der Waals surface area (Å²) >= 11 is 0. The second-order valence-corrected chi connectivity index (χ2v) is 6.19. The summed E-state index contributed by atoms with van der Waals surface area (Å²) in [4.78, 5) is 2.15. The largest absolute Gasteiger partial charge is 0.416 e. The molecule has 1 nitrogen and oxygen atoms in total. The van der Waals surface area contributed by atoms with Crippen LogP contribution in [0.4, 0.5) is 24.5 Å². The van der Waals surface area contributed by atoms with E-state index in [1.807, 2.05) is 66.6 Å². The number of alkyl halides is 3. The molecule has 0 atom stereocenters. The zero-order valence-electron chi connectivity index (χ0n) is 13.8. The van der Waals surface area contributed by atoms with Gasteiger partial charge in [0.25, 0.3) is 0 Å². The average Bonchev–Trinajstić information content (AvgIpc) is 2.67. The molecule has 3 aromatic carbocycles. The molecule has 0 spiro atoms. The summed E-state index contributed by atoms with van der Waals surface area (Å²) in [7, 11) is 0. The third-order valence-electron chi connectivity index (χ3n) is 4.55. The van der Waals surface area contributed by atoms with Crippen LogP contribution < -0.4 is 10.3 Å². The van der Waals surface area contributed by atoms with Crippen LogP contribution in [0.3, 0.4) is 0 Å². The third kappa shape index (κ3) is 3.01. The molecule has 0 fully saturated rings. The Morgan fingerprint density at radius 2 is 1.38 bits per heavy atom. The number of para-hydroxylation sites is 2. The normalized spacial score (nSPS) is 13.7. The lowest BCUT2D eigenvalue weighted by Crippen LogP contribution is -2.46. The summed E-state index contributed by atoms with van der Waals surface area (Å²) in [6.45, 7) is -0.172. The number of halogens is 3. The molecule has 26 heavy (non-hydrogen) atoms. The molecule has 128 valence electrons. The van der Waals surface area contributed by atoms with E-state index >= 15 is 0 Å². The van der Waals surface area contributed by atoms with Gasteiger partial charge < -0.3 is 4.81 Å². The van der Waals surface area contributed by atoms with Crippen molar-refractivity contribution in [1.82, 2.24) is 0 Å². The first kappa shape index (κ1) is 16.5. The predicted molar refractivity (Wildman–Crippen MR) is 101 cm³/mol. The van der Waals surface area contributed by atoms with Gasteiger partial charge in [0.15, 0.2) is 0 Å². The van der Waals surface area contributed by atoms with Crippen molar-refractivity contribution in [2.75, 3.05) is 4.81 Å². The minimum atomic E-state index is -4.33. The lowest BCUT2D eigenvalue weighted by molar-refractivity contribution is -0.137. The SMILES string of the molecule is FC(F)(F)c1ccc(B2C=Cc3ccccc3N2c2ccccc2)cc1. The molecule has 0 saturated heterocycles. The average molecular weight is 349 g/mol. The molecular formula is C21H15BF3N. The van der Waals surface area contributed by atoms with E-state index in [4.69, 9.17) is 0 Å². The number of hydrogen-bond donors (Lipinski definition) is 0. The minimum Gasteiger partial charge on any atom is -0.377 e. The smallest absolute Gasteiger partial charge is 0.377 e. The van der Waals surface area contributed by atoms with Gasteiger partial charge in [-0.15, -0.1) is 0 Å². The molecule has 0 aromatic heterocycles. The molecule has 0 saturated carbocycles. The van der Waals surface area contributed by atoms with Crippen LogP contribution in [0.15, 0.2) is 84.8 Å². The van der Waals surface area contributed by atoms with E-state index in [0.717, 1.165) is 34.5 Å². The van der Waals surface area contributed by atoms with Gasteiger partial charge in [0.1, 0.15) is 0 Å². The summed E-state index contributed by atoms with van der Waals surface area (Å²) < 4.78 is 38.6. The van der Waals surface area contributed by atoms with Gasteiger partial charge in [0.05, 0.1) is 5.56 Å². The van der Waals surface area contributed by atoms with Gasteiger partial charge in [-0.1, -0.05) is 78.2 Å². The van der Waals surface area contributed by atoms with Gasteiger partial charge in [0.2, 0.25) is 0 Å². The highest BCUT2D eigenvalue weighted by molar-refractivity contribution is 6.83. The molecule has 1 aliphatic heterocycles. The van der Waals surface area contributed by atoms with Crippen molar-refractivity contribution in [3.63, 3.8) is 0 Å². The Morgan fingerprint density at radius 3 is 2.08 bits per heavy atom. The Kier molecular flexibility index (Phi) is 4.07. The van der Waals surface area contributed by atoms with Crippen molar-refractivity contribution in [1.29, 1.82) is 0 Å². The Bertz CT molecular complexity index is 933. The Hall–Kier alpha value is -2.95. The van der Waals surface area contributed by atoms with Crippen LogP contribution >= 0.6 is 0 Å². The summed E-state index contributed by atoms with van der Waals surface area (Å²) in [5.41, 5.74) is 3.29. The first-order valence-corrected chi connectivity index (χ1v) is 8.33. The highest BCUT2D eigenvalue weighted by Crippen LogP contribution is 2.34. The molecule has 0 unspecified atom stereocenters. The maximum absolute atomic E-state index is 12.9. The van der Waals surface area contributed by atoms with Crippen molar-refractivity contribution < 1.29 is 13.2 Å². The monoisotopic (exact) mass is 349 g/mol. The van der Waals surface area contributed by atoms with Crippen LogP contribution in [-0.2, 0) is 6.18 Å². The fourth-order valence-corrected chi connectivity index (χ4v) is 3.30. The molecular weight excluding hydrogens is 334 g/mol. The molecule has 0 N–H and O–H groups in total. The van der Waals surface area contributed by atoms with Crippen LogP contribution in [0.2, 0.25) is 0 Å². The molecule has 0 aliphatic carbocycles. The Balaban J connectivity index is 1.80. The summed E-state index contributed by atoms with van der Waals surface area (Å²) in [5.74, 6) is 2.03. The third-order valence-corrected chi connectivity index (χ3v) is 4.55. The van der Waals surface area contributed by atoms with E-state index in [2.05, 4.69) is 4.81 Å². The van der Waals surface area contributed by atoms with E-state index in [1.54, 1.807) is 12.1 Å². The van der Waals surface area contributed by atoms with Crippen molar-refractivity contribution in [2.24, 2.45) is 0 Å². The number of benzene rings is 3. The fourth-order valence-electron chi connectivity index (χ4n) is 3.30. The quantitative estimate of drug-likeness (QED) is 0.567. The molecule has 5 heteroatoms. The Morgan fingerprint density at radius 1 is 0.731 bits per heavy atom. The van der Waals surface area contributed by atoms with E-state index in [0.29, 0.717) is 0 Å². The van der Waals surface area contributed by atoms with Crippen LogP contribution in [0.1, 0.15) is 11.1 Å². The number of hydrogen-bond acceptors (Lipinski definition) is 1. The number of nitrogens with zero attached hydrogens (tertiary/aromatic N) is 1. The lowest BCUT2D eigenvalue weighted by atomic mass is 9.52. The maximum atomic E-state index is 12.9. The van der Waals surface area contributed by atoms with Crippen molar-refractivity contribution in [2.45, 2.75) is 6.18 Å². The molecule has 0 amide bonds. The van der Waals surface area contributed by atoms with E-state index in [-0.39, 0.29) is 6.85 Å². The minimum absolute atomic E-state index is 0.172. The zero-order chi connectivity index (χ0) is 18.1. The molecule has 0 radical (unpaired) electrons. The molecule has 4 rings (SSSR count). The van der Waals surface area contributed by atoms with Gasteiger partial charge in [-0.25, -0.2) is 0 Å². The Labute approximate surface area is 150 Å². The molecule has 1 aliphatic rings. The van der Waals surface area contributed by atoms with E-state index in [1.165, 1.54) is 0 Å². The molecule has 1 heterocycles. The number of fused-ring (bicyclic) bond motifs is 1. The predicted octanol–water partition coefficient (Wildman–Crippen LogP) is 5.31. The second kappa shape index (κ2) is 6.41. The highest BCUT2D eigenvalue weighted by Gasteiger charge is 2.32. The standard InChI is InChI=1S/C21H15BF3N/c23-21(24,25)17-10-12-18(13-11-17)22-15-14-16-6-4-5-9-20(16)26(22)19-7-2-1-3-8-19/h1-15H. The first-order valence-electron chi connectivity index (χ1n) is 8.33. The summed E-state index contributed by atoms with van der Waals surface area (Å²) in [6, 6.07) is 23.3. The maximum Gasteiger partial charge on any atom is 0.416 e. The molecule has 3 aromatic rings. The van der Waals surface area contributed by atoms with Gasteiger partial charge in [0, 0.05) is 11.4 Å². The second-order valence-electron chi connectivity index (χ2n) is 6.19. The van der Waals surface area contributed by atoms with Gasteiger partial charge in [-0.3, -0.25) is 0 Å². The summed E-state index contributed by atoms with van der Waals surface area (Å²) in [6.07, 6.45) is -2.30. The van der Waals surface area contributed by atoms with E-state index < -0.39 is 11.7 Å². The van der Waals surface area contributed by atoms with Crippen LogP contribution in [0.25, 0.3) is 6.08 Å². The van der Waals surface area contributed by atoms with Crippen molar-refractivity contribution in [3.05, 3.63) is 96.0 Å². The topological polar surface area (TPSA) is 3.24 Å². The van der Waals surface area contributed by atoms with Crippen LogP contribution in [-0.4, -0.2) is 6.85 Å². The first-order chi connectivity index (χ1) is 12.5. The number of anilines is 2. The van der Waals surface area contributed by atoms with Crippen molar-refractivity contribution >= 4 is 29.8 Å². The van der Waals surface area contributed by atoms with Gasteiger partial charge in [-0.2, -0.15) is 13.2 Å². The summed E-state index contributed by atoms with van der Waals surface area (Å²) in [5, 5.41) is 0. The van der Waals surface area contributed by atoms with Crippen molar-refractivity contribution in [3.8, 4) is 0 Å². The highest BCUT2D eigenvalue weighted by atomic mass is 19.4. The van der Waals surface area contributed by atoms with E-state index in [9.17, 15) is 13.2 Å².